The lowest BCUT2D eigenvalue weighted by atomic mass is 10.2. The molecule has 1 aliphatic rings. The van der Waals surface area contributed by atoms with Crippen molar-refractivity contribution in [1.82, 2.24) is 4.90 Å². The van der Waals surface area contributed by atoms with Crippen LogP contribution in [0.4, 0.5) is 29.3 Å². The number of nitrogens with one attached hydrogen (secondary N) is 2. The molecule has 0 spiro atoms. The van der Waals surface area contributed by atoms with Crippen molar-refractivity contribution < 1.29 is 26.4 Å². The van der Waals surface area contributed by atoms with E-state index in [1.54, 1.807) is 4.90 Å². The molecule has 1 heterocycles. The molecule has 2 N–H and O–H groups in total. The monoisotopic (exact) mass is 475 g/mol. The Morgan fingerprint density at radius 1 is 0.968 bits per heavy atom. The van der Waals surface area contributed by atoms with Crippen molar-refractivity contribution >= 4 is 39.0 Å². The Bertz CT molecular complexity index is 1040. The second-order valence-corrected chi connectivity index (χ2v) is 9.27. The molecule has 0 radical (unpaired) electrons. The number of anilines is 2. The molecule has 0 unspecified atom stereocenters. The van der Waals surface area contributed by atoms with Crippen LogP contribution in [0.25, 0.3) is 0 Å². The van der Waals surface area contributed by atoms with Crippen molar-refractivity contribution in [3.05, 3.63) is 53.1 Å². The van der Waals surface area contributed by atoms with Gasteiger partial charge in [0.05, 0.1) is 16.1 Å². The number of rotatable bonds is 4. The number of halogens is 4. The molecule has 0 bridgehead atoms. The largest absolute Gasteiger partial charge is 0.418 e. The molecule has 2 amide bonds. The summed E-state index contributed by atoms with van der Waals surface area (Å²) in [7, 11) is -4.30. The Morgan fingerprint density at radius 2 is 1.58 bits per heavy atom. The van der Waals surface area contributed by atoms with Crippen LogP contribution in [0.5, 0.6) is 0 Å². The standard InChI is InChI=1S/C20H21ClF3N3O3S/c21-14-5-10-18(17(13-14)20(22,23)24)26-31(29,30)16-8-6-15(7-9-16)25-19(28)27-11-3-1-2-4-12-27/h5-10,13,26H,1-4,11-12H2,(H,25,28). The first kappa shape index (κ1) is 23.2. The van der Waals surface area contributed by atoms with Gasteiger partial charge in [0.15, 0.2) is 0 Å². The lowest BCUT2D eigenvalue weighted by molar-refractivity contribution is -0.136. The van der Waals surface area contributed by atoms with Crippen molar-refractivity contribution in [2.45, 2.75) is 36.8 Å². The number of benzene rings is 2. The summed E-state index contributed by atoms with van der Waals surface area (Å²) in [5.41, 5.74) is -1.43. The number of hydrogen-bond donors (Lipinski definition) is 2. The van der Waals surface area contributed by atoms with E-state index in [9.17, 15) is 26.4 Å². The van der Waals surface area contributed by atoms with Gasteiger partial charge in [-0.15, -0.1) is 0 Å². The van der Waals surface area contributed by atoms with Gasteiger partial charge in [-0.1, -0.05) is 24.4 Å². The number of hydrogen-bond acceptors (Lipinski definition) is 3. The zero-order valence-electron chi connectivity index (χ0n) is 16.4. The van der Waals surface area contributed by atoms with Gasteiger partial charge in [-0.25, -0.2) is 13.2 Å². The van der Waals surface area contributed by atoms with Crippen LogP contribution in [0.3, 0.4) is 0 Å². The van der Waals surface area contributed by atoms with E-state index < -0.39 is 27.5 Å². The highest BCUT2D eigenvalue weighted by Gasteiger charge is 2.35. The van der Waals surface area contributed by atoms with E-state index >= 15 is 0 Å². The van der Waals surface area contributed by atoms with Crippen LogP contribution in [0.2, 0.25) is 5.02 Å². The molecule has 0 aromatic heterocycles. The summed E-state index contributed by atoms with van der Waals surface area (Å²) in [6.07, 6.45) is -0.772. The number of alkyl halides is 3. The number of carbonyl (C=O) groups is 1. The first-order valence-corrected chi connectivity index (χ1v) is 11.5. The summed E-state index contributed by atoms with van der Waals surface area (Å²) in [6.45, 7) is 1.32. The summed E-state index contributed by atoms with van der Waals surface area (Å²) in [4.78, 5) is 13.8. The van der Waals surface area contributed by atoms with Gasteiger partial charge in [-0.05, 0) is 55.3 Å². The molecule has 31 heavy (non-hydrogen) atoms. The van der Waals surface area contributed by atoms with Gasteiger partial charge < -0.3 is 10.2 Å². The number of likely N-dealkylation sites (tertiary alicyclic amines) is 1. The molecule has 1 fully saturated rings. The molecule has 1 aliphatic heterocycles. The van der Waals surface area contributed by atoms with Crippen LogP contribution in [0.15, 0.2) is 47.4 Å². The predicted octanol–water partition coefficient (Wildman–Crippen LogP) is 5.57. The van der Waals surface area contributed by atoms with Crippen molar-refractivity contribution in [2.24, 2.45) is 0 Å². The van der Waals surface area contributed by atoms with Crippen molar-refractivity contribution in [2.75, 3.05) is 23.1 Å². The Labute approximate surface area is 183 Å². The van der Waals surface area contributed by atoms with Crippen LogP contribution in [-0.4, -0.2) is 32.4 Å². The van der Waals surface area contributed by atoms with Crippen LogP contribution in [-0.2, 0) is 16.2 Å². The van der Waals surface area contributed by atoms with Crippen LogP contribution >= 0.6 is 11.6 Å². The van der Waals surface area contributed by atoms with Crippen molar-refractivity contribution in [3.8, 4) is 0 Å². The smallest absolute Gasteiger partial charge is 0.325 e. The molecule has 1 saturated heterocycles. The molecule has 2 aromatic rings. The fraction of sp³-hybridized carbons (Fsp3) is 0.350. The Balaban J connectivity index is 1.74. The zero-order valence-corrected chi connectivity index (χ0v) is 17.9. The summed E-state index contributed by atoms with van der Waals surface area (Å²) < 4.78 is 66.8. The molecular formula is C20H21ClF3N3O3S. The summed E-state index contributed by atoms with van der Waals surface area (Å²) >= 11 is 5.62. The first-order valence-electron chi connectivity index (χ1n) is 9.62. The van der Waals surface area contributed by atoms with Crippen LogP contribution in [0, 0.1) is 0 Å². The maximum atomic E-state index is 13.2. The molecule has 11 heteroatoms. The number of carbonyl (C=O) groups excluding carboxylic acids is 1. The molecule has 0 atom stereocenters. The summed E-state index contributed by atoms with van der Waals surface area (Å²) in [5, 5.41) is 2.54. The fourth-order valence-corrected chi connectivity index (χ4v) is 4.49. The van der Waals surface area contributed by atoms with E-state index in [-0.39, 0.29) is 15.9 Å². The average Bonchev–Trinajstić information content (AvgIpc) is 2.98. The van der Waals surface area contributed by atoms with E-state index in [1.165, 1.54) is 24.3 Å². The summed E-state index contributed by atoms with van der Waals surface area (Å²) in [6, 6.07) is 7.70. The Morgan fingerprint density at radius 3 is 2.16 bits per heavy atom. The van der Waals surface area contributed by atoms with Gasteiger partial charge in [-0.2, -0.15) is 13.2 Å². The van der Waals surface area contributed by atoms with E-state index in [2.05, 4.69) is 5.32 Å². The first-order chi connectivity index (χ1) is 14.6. The number of urea groups is 1. The fourth-order valence-electron chi connectivity index (χ4n) is 3.24. The van der Waals surface area contributed by atoms with Crippen LogP contribution < -0.4 is 10.0 Å². The molecule has 0 saturated carbocycles. The molecule has 3 rings (SSSR count). The third-order valence-corrected chi connectivity index (χ3v) is 6.46. The van der Waals surface area contributed by atoms with E-state index in [1.807, 2.05) is 4.72 Å². The number of amides is 2. The minimum Gasteiger partial charge on any atom is -0.325 e. The van der Waals surface area contributed by atoms with Gasteiger partial charge in [-0.3, -0.25) is 4.72 Å². The minimum absolute atomic E-state index is 0.167. The zero-order chi connectivity index (χ0) is 22.6. The predicted molar refractivity (Wildman–Crippen MR) is 113 cm³/mol. The normalized spacial score (nSPS) is 15.3. The molecule has 6 nitrogen and oxygen atoms in total. The topological polar surface area (TPSA) is 78.5 Å². The van der Waals surface area contributed by atoms with Crippen molar-refractivity contribution in [1.29, 1.82) is 0 Å². The van der Waals surface area contributed by atoms with E-state index in [0.717, 1.165) is 37.8 Å². The van der Waals surface area contributed by atoms with Gasteiger partial charge in [0.25, 0.3) is 10.0 Å². The highest BCUT2D eigenvalue weighted by atomic mass is 35.5. The van der Waals surface area contributed by atoms with Crippen molar-refractivity contribution in [3.63, 3.8) is 0 Å². The van der Waals surface area contributed by atoms with E-state index in [4.69, 9.17) is 11.6 Å². The minimum atomic E-state index is -4.79. The van der Waals surface area contributed by atoms with Gasteiger partial charge in [0, 0.05) is 23.8 Å². The lowest BCUT2D eigenvalue weighted by Gasteiger charge is -2.21. The van der Waals surface area contributed by atoms with Gasteiger partial charge in [0.2, 0.25) is 0 Å². The quantitative estimate of drug-likeness (QED) is 0.607. The van der Waals surface area contributed by atoms with Gasteiger partial charge >= 0.3 is 12.2 Å². The number of sulfonamides is 1. The SMILES string of the molecule is O=C(Nc1ccc(S(=O)(=O)Nc2ccc(Cl)cc2C(F)(F)F)cc1)N1CCCCCC1. The average molecular weight is 476 g/mol. The van der Waals surface area contributed by atoms with Gasteiger partial charge in [0.1, 0.15) is 0 Å². The lowest BCUT2D eigenvalue weighted by Crippen LogP contribution is -2.35. The summed E-state index contributed by atoms with van der Waals surface area (Å²) in [5.74, 6) is 0. The molecule has 168 valence electrons. The molecular weight excluding hydrogens is 455 g/mol. The second kappa shape index (κ2) is 9.35. The highest BCUT2D eigenvalue weighted by Crippen LogP contribution is 2.37. The van der Waals surface area contributed by atoms with Crippen LogP contribution in [0.1, 0.15) is 31.2 Å². The molecule has 0 aliphatic carbocycles. The Kier molecular flexibility index (Phi) is 7.00. The highest BCUT2D eigenvalue weighted by molar-refractivity contribution is 7.92. The second-order valence-electron chi connectivity index (χ2n) is 7.15. The molecule has 2 aromatic carbocycles. The maximum absolute atomic E-state index is 13.2. The Hall–Kier alpha value is -2.46. The number of nitrogens with zero attached hydrogens (tertiary/aromatic N) is 1. The maximum Gasteiger partial charge on any atom is 0.418 e. The third kappa shape index (κ3) is 6.04. The van der Waals surface area contributed by atoms with E-state index in [0.29, 0.717) is 24.8 Å². The third-order valence-electron chi connectivity index (χ3n) is 4.84.